The number of halogens is 5. The summed E-state index contributed by atoms with van der Waals surface area (Å²) in [5.41, 5.74) is -1.32. The molecule has 0 saturated carbocycles. The molecule has 2 atom stereocenters. The lowest BCUT2D eigenvalue weighted by molar-refractivity contribution is -0.137. The first-order valence-electron chi connectivity index (χ1n) is 4.92. The number of alkyl halides is 4. The Labute approximate surface area is 111 Å². The minimum absolute atomic E-state index is 0.0483. The van der Waals surface area contributed by atoms with E-state index in [4.69, 9.17) is 23.2 Å². The second-order valence-corrected chi connectivity index (χ2v) is 4.33. The van der Waals surface area contributed by atoms with E-state index in [2.05, 4.69) is 4.98 Å². The van der Waals surface area contributed by atoms with E-state index in [1.54, 1.807) is 0 Å². The quantitative estimate of drug-likeness (QED) is 0.664. The molecule has 1 heterocycles. The molecular formula is C10H10Cl2F3NO2. The predicted molar refractivity (Wildman–Crippen MR) is 60.6 cm³/mol. The van der Waals surface area contributed by atoms with Gasteiger partial charge >= 0.3 is 6.18 Å². The van der Waals surface area contributed by atoms with Gasteiger partial charge in [-0.15, -0.1) is 11.6 Å². The minimum atomic E-state index is -4.67. The molecular weight excluding hydrogens is 294 g/mol. The third-order valence-corrected chi connectivity index (χ3v) is 2.80. The lowest BCUT2D eigenvalue weighted by Crippen LogP contribution is -2.20. The van der Waals surface area contributed by atoms with Crippen LogP contribution in [0.5, 0.6) is 0 Å². The number of rotatable bonds is 4. The number of nitrogens with zero attached hydrogens (tertiary/aromatic N) is 1. The molecule has 2 N–H and O–H groups in total. The highest BCUT2D eigenvalue weighted by Gasteiger charge is 2.35. The average Bonchev–Trinajstić information content (AvgIpc) is 2.27. The Kier molecular flexibility index (Phi) is 5.21. The molecule has 2 unspecified atom stereocenters. The van der Waals surface area contributed by atoms with Crippen LogP contribution in [-0.4, -0.2) is 27.2 Å². The van der Waals surface area contributed by atoms with E-state index in [0.29, 0.717) is 6.07 Å². The summed E-state index contributed by atoms with van der Waals surface area (Å²) >= 11 is 10.7. The highest BCUT2D eigenvalue weighted by Crippen LogP contribution is 2.35. The van der Waals surface area contributed by atoms with Crippen molar-refractivity contribution < 1.29 is 23.4 Å². The predicted octanol–water partition coefficient (Wildman–Crippen LogP) is 2.78. The molecule has 0 fully saturated rings. The van der Waals surface area contributed by atoms with Crippen LogP contribution in [0, 0.1) is 0 Å². The molecule has 0 aliphatic rings. The minimum Gasteiger partial charge on any atom is -0.390 e. The molecule has 18 heavy (non-hydrogen) atoms. The van der Waals surface area contributed by atoms with E-state index in [1.807, 2.05) is 0 Å². The van der Waals surface area contributed by atoms with Crippen LogP contribution in [0.15, 0.2) is 12.3 Å². The molecule has 102 valence electrons. The Bertz CT molecular complexity index is 415. The third kappa shape index (κ3) is 3.71. The van der Waals surface area contributed by atoms with Gasteiger partial charge in [0.1, 0.15) is 11.3 Å². The maximum absolute atomic E-state index is 12.6. The van der Waals surface area contributed by atoms with Crippen LogP contribution in [0.3, 0.4) is 0 Å². The number of hydrogen-bond acceptors (Lipinski definition) is 3. The monoisotopic (exact) mass is 303 g/mol. The zero-order valence-corrected chi connectivity index (χ0v) is 10.5. The van der Waals surface area contributed by atoms with Crippen molar-refractivity contribution in [3.63, 3.8) is 0 Å². The van der Waals surface area contributed by atoms with E-state index in [0.717, 1.165) is 6.20 Å². The van der Waals surface area contributed by atoms with Crippen LogP contribution >= 0.6 is 23.2 Å². The van der Waals surface area contributed by atoms with Crippen molar-refractivity contribution in [1.82, 2.24) is 4.98 Å². The maximum atomic E-state index is 12.6. The summed E-state index contributed by atoms with van der Waals surface area (Å²) < 4.78 is 37.7. The first-order chi connectivity index (χ1) is 8.27. The molecule has 0 aliphatic carbocycles. The Morgan fingerprint density at radius 1 is 1.33 bits per heavy atom. The van der Waals surface area contributed by atoms with Crippen molar-refractivity contribution in [2.45, 2.75) is 24.8 Å². The Morgan fingerprint density at radius 3 is 2.44 bits per heavy atom. The molecule has 1 aromatic rings. The van der Waals surface area contributed by atoms with Gasteiger partial charge < -0.3 is 10.2 Å². The van der Waals surface area contributed by atoms with Crippen molar-refractivity contribution in [1.29, 1.82) is 0 Å². The van der Waals surface area contributed by atoms with Gasteiger partial charge in [0.15, 0.2) is 0 Å². The van der Waals surface area contributed by atoms with Gasteiger partial charge in [-0.3, -0.25) is 0 Å². The third-order valence-electron chi connectivity index (χ3n) is 2.28. The van der Waals surface area contributed by atoms with Crippen molar-refractivity contribution in [2.24, 2.45) is 0 Å². The Hall–Kier alpha value is -0.560. The molecule has 0 aliphatic heterocycles. The first kappa shape index (κ1) is 15.5. The summed E-state index contributed by atoms with van der Waals surface area (Å²) in [5, 5.41) is 18.4. The van der Waals surface area contributed by atoms with E-state index in [1.165, 1.54) is 0 Å². The highest BCUT2D eigenvalue weighted by molar-refractivity contribution is 6.30. The molecule has 3 nitrogen and oxygen atoms in total. The van der Waals surface area contributed by atoms with Crippen molar-refractivity contribution in [3.8, 4) is 0 Å². The molecule has 0 aromatic carbocycles. The van der Waals surface area contributed by atoms with Crippen LogP contribution < -0.4 is 0 Å². The fourth-order valence-corrected chi connectivity index (χ4v) is 1.75. The van der Waals surface area contributed by atoms with Crippen LogP contribution in [-0.2, 0) is 6.18 Å². The van der Waals surface area contributed by atoms with Gasteiger partial charge in [-0.2, -0.15) is 13.2 Å². The van der Waals surface area contributed by atoms with Gasteiger partial charge in [0.2, 0.25) is 0 Å². The molecule has 0 bridgehead atoms. The summed E-state index contributed by atoms with van der Waals surface area (Å²) in [4.78, 5) is 3.35. The molecule has 0 spiro atoms. The topological polar surface area (TPSA) is 53.4 Å². The second kappa shape index (κ2) is 6.06. The maximum Gasteiger partial charge on any atom is 0.419 e. The molecule has 0 radical (unpaired) electrons. The summed E-state index contributed by atoms with van der Waals surface area (Å²) in [6, 6.07) is 0.664. The van der Waals surface area contributed by atoms with E-state index < -0.39 is 29.1 Å². The lowest BCUT2D eigenvalue weighted by atomic mass is 10.0. The van der Waals surface area contributed by atoms with Crippen molar-refractivity contribution >= 4 is 23.2 Å². The molecule has 0 amide bonds. The fraction of sp³-hybridized carbons (Fsp3) is 0.500. The smallest absolute Gasteiger partial charge is 0.390 e. The first-order valence-corrected chi connectivity index (χ1v) is 5.83. The molecule has 1 aromatic heterocycles. The number of aliphatic hydroxyl groups excluding tert-OH is 2. The summed E-state index contributed by atoms with van der Waals surface area (Å²) in [5.74, 6) is 0.0748. The normalized spacial score (nSPS) is 15.5. The summed E-state index contributed by atoms with van der Waals surface area (Å²) in [7, 11) is 0. The van der Waals surface area contributed by atoms with Gasteiger partial charge in [0.25, 0.3) is 0 Å². The van der Waals surface area contributed by atoms with Crippen LogP contribution in [0.25, 0.3) is 0 Å². The zero-order chi connectivity index (χ0) is 13.9. The Balaban J connectivity index is 3.05. The van der Waals surface area contributed by atoms with Gasteiger partial charge in [0.05, 0.1) is 11.7 Å². The largest absolute Gasteiger partial charge is 0.419 e. The number of aliphatic hydroxyl groups is 2. The van der Waals surface area contributed by atoms with Crippen molar-refractivity contribution in [3.05, 3.63) is 28.5 Å². The van der Waals surface area contributed by atoms with Gasteiger partial charge in [-0.1, -0.05) is 11.6 Å². The van der Waals surface area contributed by atoms with Gasteiger partial charge in [-0.05, 0) is 12.5 Å². The Morgan fingerprint density at radius 2 is 1.94 bits per heavy atom. The molecule has 0 saturated heterocycles. The lowest BCUT2D eigenvalue weighted by Gasteiger charge is -2.18. The fourth-order valence-electron chi connectivity index (χ4n) is 1.32. The molecule has 1 rings (SSSR count). The number of hydrogen-bond donors (Lipinski definition) is 2. The van der Waals surface area contributed by atoms with E-state index >= 15 is 0 Å². The summed E-state index contributed by atoms with van der Waals surface area (Å²) in [6.07, 6.45) is -6.38. The van der Waals surface area contributed by atoms with E-state index in [9.17, 15) is 23.4 Å². The van der Waals surface area contributed by atoms with Crippen LogP contribution in [0.2, 0.25) is 5.15 Å². The van der Waals surface area contributed by atoms with Crippen LogP contribution in [0.4, 0.5) is 13.2 Å². The highest BCUT2D eigenvalue weighted by atomic mass is 35.5. The summed E-state index contributed by atoms with van der Waals surface area (Å²) in [6.45, 7) is 0. The second-order valence-electron chi connectivity index (χ2n) is 3.59. The SMILES string of the molecule is OC(CCCl)C(O)c1cnc(Cl)c(C(F)(F)F)c1. The standard InChI is InChI=1S/C10H10Cl2F3NO2/c11-2-1-7(17)8(18)5-3-6(10(13,14)15)9(12)16-4-5/h3-4,7-8,17-18H,1-2H2. The average molecular weight is 304 g/mol. The van der Waals surface area contributed by atoms with Crippen LogP contribution in [0.1, 0.15) is 23.7 Å². The zero-order valence-electron chi connectivity index (χ0n) is 8.96. The number of pyridine rings is 1. The van der Waals surface area contributed by atoms with Crippen molar-refractivity contribution in [2.75, 3.05) is 5.88 Å². The molecule has 8 heteroatoms. The number of aromatic nitrogens is 1. The van der Waals surface area contributed by atoms with E-state index in [-0.39, 0.29) is 17.9 Å². The van der Waals surface area contributed by atoms with Gasteiger partial charge in [-0.25, -0.2) is 4.98 Å². The van der Waals surface area contributed by atoms with Gasteiger partial charge in [0, 0.05) is 17.6 Å².